The lowest BCUT2D eigenvalue weighted by Crippen LogP contribution is -2.35. The van der Waals surface area contributed by atoms with Gasteiger partial charge >= 0.3 is 0 Å². The Balaban J connectivity index is 1.90. The average molecular weight is 319 g/mol. The molecule has 0 radical (unpaired) electrons. The first kappa shape index (κ1) is 17.2. The maximum absolute atomic E-state index is 13.7. The minimum Gasteiger partial charge on any atom is -0.461 e. The highest BCUT2D eigenvalue weighted by Gasteiger charge is 2.12. The Hall–Kier alpha value is -2.14. The molecule has 2 rings (SSSR count). The molecule has 0 spiro atoms. The van der Waals surface area contributed by atoms with Crippen LogP contribution in [0.4, 0.5) is 4.39 Å². The van der Waals surface area contributed by atoms with Gasteiger partial charge in [0.05, 0.1) is 5.56 Å². The van der Waals surface area contributed by atoms with Crippen LogP contribution in [0.2, 0.25) is 0 Å². The summed E-state index contributed by atoms with van der Waals surface area (Å²) in [5.41, 5.74) is 0.414. The predicted molar refractivity (Wildman–Crippen MR) is 86.3 cm³/mol. The second kappa shape index (κ2) is 8.48. The SMILES string of the molecule is CCC(CCO)NC(=O)CCc1ccc(-c2ccccc2F)o1. The van der Waals surface area contributed by atoms with Gasteiger partial charge in [-0.3, -0.25) is 4.79 Å². The molecule has 23 heavy (non-hydrogen) atoms. The van der Waals surface area contributed by atoms with E-state index in [0.717, 1.165) is 6.42 Å². The van der Waals surface area contributed by atoms with Crippen LogP contribution in [0, 0.1) is 5.82 Å². The van der Waals surface area contributed by atoms with Gasteiger partial charge in [0, 0.05) is 25.5 Å². The molecule has 4 nitrogen and oxygen atoms in total. The minimum absolute atomic E-state index is 0.00178. The number of carbonyl (C=O) groups excluding carboxylic acids is 1. The predicted octanol–water partition coefficient (Wildman–Crippen LogP) is 3.30. The van der Waals surface area contributed by atoms with E-state index in [9.17, 15) is 9.18 Å². The summed E-state index contributed by atoms with van der Waals surface area (Å²) in [6.07, 6.45) is 2.09. The van der Waals surface area contributed by atoms with E-state index in [-0.39, 0.29) is 24.4 Å². The lowest BCUT2D eigenvalue weighted by Gasteiger charge is -2.15. The normalized spacial score (nSPS) is 12.1. The molecule has 0 aliphatic rings. The molecule has 5 heteroatoms. The van der Waals surface area contributed by atoms with E-state index in [1.807, 2.05) is 6.92 Å². The Morgan fingerprint density at radius 3 is 2.78 bits per heavy atom. The summed E-state index contributed by atoms with van der Waals surface area (Å²) >= 11 is 0. The Morgan fingerprint density at radius 2 is 2.09 bits per heavy atom. The summed E-state index contributed by atoms with van der Waals surface area (Å²) in [5.74, 6) is 0.703. The van der Waals surface area contributed by atoms with Crippen molar-refractivity contribution in [1.82, 2.24) is 5.32 Å². The molecule has 1 unspecified atom stereocenters. The number of nitrogens with one attached hydrogen (secondary N) is 1. The van der Waals surface area contributed by atoms with E-state index in [2.05, 4.69) is 5.32 Å². The van der Waals surface area contributed by atoms with Gasteiger partial charge in [0.15, 0.2) is 0 Å². The van der Waals surface area contributed by atoms with Crippen molar-refractivity contribution in [3.63, 3.8) is 0 Å². The van der Waals surface area contributed by atoms with Gasteiger partial charge in [0.2, 0.25) is 5.91 Å². The molecule has 0 fully saturated rings. The quantitative estimate of drug-likeness (QED) is 0.785. The monoisotopic (exact) mass is 319 g/mol. The Kier molecular flexibility index (Phi) is 6.35. The van der Waals surface area contributed by atoms with Gasteiger partial charge in [-0.1, -0.05) is 19.1 Å². The highest BCUT2D eigenvalue weighted by Crippen LogP contribution is 2.25. The summed E-state index contributed by atoms with van der Waals surface area (Å²) in [7, 11) is 0. The third kappa shape index (κ3) is 4.93. The van der Waals surface area contributed by atoms with Crippen molar-refractivity contribution in [2.45, 2.75) is 38.6 Å². The number of carbonyl (C=O) groups is 1. The standard InChI is InChI=1S/C18H22FNO3/c1-2-13(11-12-21)20-18(22)10-8-14-7-9-17(23-14)15-5-3-4-6-16(15)19/h3-7,9,13,21H,2,8,10-12H2,1H3,(H,20,22). The first-order valence-electron chi connectivity index (χ1n) is 7.88. The van der Waals surface area contributed by atoms with Crippen molar-refractivity contribution in [1.29, 1.82) is 0 Å². The van der Waals surface area contributed by atoms with E-state index in [0.29, 0.717) is 36.3 Å². The Bertz CT molecular complexity index is 639. The van der Waals surface area contributed by atoms with Gasteiger partial charge in [-0.05, 0) is 37.1 Å². The fraction of sp³-hybridized carbons (Fsp3) is 0.389. The molecule has 0 aliphatic heterocycles. The Morgan fingerprint density at radius 1 is 1.30 bits per heavy atom. The molecular weight excluding hydrogens is 297 g/mol. The molecule has 124 valence electrons. The molecule has 1 amide bonds. The number of rotatable bonds is 8. The largest absolute Gasteiger partial charge is 0.461 e. The van der Waals surface area contributed by atoms with Crippen molar-refractivity contribution >= 4 is 5.91 Å². The van der Waals surface area contributed by atoms with Gasteiger partial charge in [-0.25, -0.2) is 4.39 Å². The fourth-order valence-electron chi connectivity index (χ4n) is 2.39. The number of aliphatic hydroxyl groups excluding tert-OH is 1. The fourth-order valence-corrected chi connectivity index (χ4v) is 2.39. The van der Waals surface area contributed by atoms with Gasteiger partial charge < -0.3 is 14.8 Å². The van der Waals surface area contributed by atoms with E-state index >= 15 is 0 Å². The zero-order valence-corrected chi connectivity index (χ0v) is 13.2. The first-order chi connectivity index (χ1) is 11.1. The molecule has 1 aromatic heterocycles. The zero-order valence-electron chi connectivity index (χ0n) is 13.2. The number of amides is 1. The van der Waals surface area contributed by atoms with Crippen LogP contribution in [0.3, 0.4) is 0 Å². The Labute approximate surface area is 135 Å². The van der Waals surface area contributed by atoms with E-state index in [1.165, 1.54) is 6.07 Å². The van der Waals surface area contributed by atoms with Crippen molar-refractivity contribution in [2.24, 2.45) is 0 Å². The average Bonchev–Trinajstić information content (AvgIpc) is 3.01. The number of halogens is 1. The van der Waals surface area contributed by atoms with Crippen molar-refractivity contribution < 1.29 is 18.7 Å². The summed E-state index contributed by atoms with van der Waals surface area (Å²) in [4.78, 5) is 11.9. The third-order valence-electron chi connectivity index (χ3n) is 3.73. The molecule has 1 aromatic carbocycles. The van der Waals surface area contributed by atoms with E-state index in [4.69, 9.17) is 9.52 Å². The van der Waals surface area contributed by atoms with Crippen molar-refractivity contribution in [2.75, 3.05) is 6.61 Å². The van der Waals surface area contributed by atoms with Crippen LogP contribution >= 0.6 is 0 Å². The minimum atomic E-state index is -0.332. The van der Waals surface area contributed by atoms with E-state index < -0.39 is 0 Å². The molecule has 0 saturated heterocycles. The number of aliphatic hydroxyl groups is 1. The molecule has 0 bridgehead atoms. The molecular formula is C18H22FNO3. The zero-order chi connectivity index (χ0) is 16.7. The highest BCUT2D eigenvalue weighted by atomic mass is 19.1. The van der Waals surface area contributed by atoms with Crippen LogP contribution in [0.5, 0.6) is 0 Å². The maximum atomic E-state index is 13.7. The second-order valence-electron chi connectivity index (χ2n) is 5.43. The molecule has 1 heterocycles. The molecule has 0 saturated carbocycles. The number of hydrogen-bond acceptors (Lipinski definition) is 3. The van der Waals surface area contributed by atoms with Crippen LogP contribution in [0.15, 0.2) is 40.8 Å². The number of aryl methyl sites for hydroxylation is 1. The summed E-state index contributed by atoms with van der Waals surface area (Å²) in [6, 6.07) is 9.90. The van der Waals surface area contributed by atoms with Crippen LogP contribution in [0.1, 0.15) is 31.9 Å². The number of hydrogen-bond donors (Lipinski definition) is 2. The number of furan rings is 1. The van der Waals surface area contributed by atoms with Gasteiger partial charge in [0.1, 0.15) is 17.3 Å². The van der Waals surface area contributed by atoms with Crippen LogP contribution < -0.4 is 5.32 Å². The van der Waals surface area contributed by atoms with Crippen LogP contribution in [-0.2, 0) is 11.2 Å². The first-order valence-corrected chi connectivity index (χ1v) is 7.88. The smallest absolute Gasteiger partial charge is 0.220 e. The maximum Gasteiger partial charge on any atom is 0.220 e. The van der Waals surface area contributed by atoms with Crippen molar-refractivity contribution in [3.05, 3.63) is 48.0 Å². The van der Waals surface area contributed by atoms with Gasteiger partial charge in [-0.15, -0.1) is 0 Å². The van der Waals surface area contributed by atoms with Crippen molar-refractivity contribution in [3.8, 4) is 11.3 Å². The molecule has 0 aliphatic carbocycles. The molecule has 1 atom stereocenters. The third-order valence-corrected chi connectivity index (χ3v) is 3.73. The number of benzene rings is 1. The van der Waals surface area contributed by atoms with Gasteiger partial charge in [-0.2, -0.15) is 0 Å². The van der Waals surface area contributed by atoms with Gasteiger partial charge in [0.25, 0.3) is 0 Å². The highest BCUT2D eigenvalue weighted by molar-refractivity contribution is 5.76. The topological polar surface area (TPSA) is 62.5 Å². The lowest BCUT2D eigenvalue weighted by atomic mass is 10.1. The molecule has 2 N–H and O–H groups in total. The van der Waals surface area contributed by atoms with Crippen LogP contribution in [-0.4, -0.2) is 23.7 Å². The summed E-state index contributed by atoms with van der Waals surface area (Å²) in [6.45, 7) is 2.02. The van der Waals surface area contributed by atoms with E-state index in [1.54, 1.807) is 30.3 Å². The lowest BCUT2D eigenvalue weighted by molar-refractivity contribution is -0.121. The second-order valence-corrected chi connectivity index (χ2v) is 5.43. The summed E-state index contributed by atoms with van der Waals surface area (Å²) < 4.78 is 19.3. The van der Waals surface area contributed by atoms with Crippen LogP contribution in [0.25, 0.3) is 11.3 Å². The molecule has 2 aromatic rings. The summed E-state index contributed by atoms with van der Waals surface area (Å²) in [5, 5.41) is 11.8.